The first-order valence-electron chi connectivity index (χ1n) is 6.22. The lowest BCUT2D eigenvalue weighted by atomic mass is 10.1. The van der Waals surface area contributed by atoms with Crippen LogP contribution in [0.4, 0.5) is 4.79 Å². The summed E-state index contributed by atoms with van der Waals surface area (Å²) in [5, 5.41) is 5.42. The zero-order chi connectivity index (χ0) is 14.3. The Hall–Kier alpha value is -2.04. The maximum atomic E-state index is 11.8. The molecule has 0 radical (unpaired) electrons. The number of hydrogen-bond acceptors (Lipinski definition) is 3. The van der Waals surface area contributed by atoms with E-state index in [0.717, 1.165) is 5.56 Å². The number of rotatable bonds is 5. The Morgan fingerprint density at radius 1 is 1.16 bits per heavy atom. The average Bonchev–Trinajstić information content (AvgIpc) is 2.42. The van der Waals surface area contributed by atoms with Crippen LogP contribution in [0.15, 0.2) is 24.3 Å². The van der Waals surface area contributed by atoms with Crippen molar-refractivity contribution in [3.8, 4) is 0 Å². The Balaban J connectivity index is 2.51. The predicted molar refractivity (Wildman–Crippen MR) is 72.9 cm³/mol. The highest BCUT2D eigenvalue weighted by Crippen LogP contribution is 2.04. The maximum absolute atomic E-state index is 11.8. The fourth-order valence-electron chi connectivity index (χ4n) is 1.42. The number of alkyl carbamates (subject to hydrolysis) is 1. The van der Waals surface area contributed by atoms with Crippen LogP contribution in [-0.2, 0) is 11.3 Å². The Bertz CT molecular complexity index is 427. The van der Waals surface area contributed by atoms with Crippen molar-refractivity contribution >= 4 is 12.0 Å². The second-order valence-corrected chi connectivity index (χ2v) is 4.65. The minimum Gasteiger partial charge on any atom is -0.453 e. The number of methoxy groups -OCH3 is 1. The molecule has 0 fully saturated rings. The third-order valence-corrected chi connectivity index (χ3v) is 2.51. The van der Waals surface area contributed by atoms with Crippen molar-refractivity contribution in [2.75, 3.05) is 13.7 Å². The lowest BCUT2D eigenvalue weighted by Gasteiger charge is -2.08. The van der Waals surface area contributed by atoms with Crippen molar-refractivity contribution in [2.45, 2.75) is 20.4 Å². The second kappa shape index (κ2) is 7.41. The summed E-state index contributed by atoms with van der Waals surface area (Å²) in [7, 11) is 1.32. The van der Waals surface area contributed by atoms with E-state index in [9.17, 15) is 9.59 Å². The van der Waals surface area contributed by atoms with Gasteiger partial charge >= 0.3 is 6.09 Å². The van der Waals surface area contributed by atoms with E-state index in [0.29, 0.717) is 24.6 Å². The molecule has 1 aromatic carbocycles. The maximum Gasteiger partial charge on any atom is 0.407 e. The minimum absolute atomic E-state index is 0.0822. The van der Waals surface area contributed by atoms with Gasteiger partial charge in [-0.15, -0.1) is 0 Å². The Morgan fingerprint density at radius 2 is 1.79 bits per heavy atom. The van der Waals surface area contributed by atoms with Gasteiger partial charge in [-0.25, -0.2) is 4.79 Å². The van der Waals surface area contributed by atoms with Gasteiger partial charge in [-0.05, 0) is 23.6 Å². The van der Waals surface area contributed by atoms with Gasteiger partial charge in [-0.2, -0.15) is 0 Å². The fourth-order valence-corrected chi connectivity index (χ4v) is 1.42. The highest BCUT2D eigenvalue weighted by atomic mass is 16.5. The summed E-state index contributed by atoms with van der Waals surface area (Å²) in [6, 6.07) is 7.09. The van der Waals surface area contributed by atoms with Crippen molar-refractivity contribution in [1.82, 2.24) is 10.6 Å². The van der Waals surface area contributed by atoms with Gasteiger partial charge in [0.15, 0.2) is 0 Å². The van der Waals surface area contributed by atoms with Crippen LogP contribution in [0.1, 0.15) is 29.8 Å². The third kappa shape index (κ3) is 5.42. The Morgan fingerprint density at radius 3 is 2.32 bits per heavy atom. The largest absolute Gasteiger partial charge is 0.453 e. The molecule has 0 heterocycles. The molecule has 0 saturated heterocycles. The van der Waals surface area contributed by atoms with Crippen LogP contribution in [0, 0.1) is 5.92 Å². The smallest absolute Gasteiger partial charge is 0.407 e. The van der Waals surface area contributed by atoms with Gasteiger partial charge in [-0.3, -0.25) is 4.79 Å². The molecule has 0 bridgehead atoms. The van der Waals surface area contributed by atoms with Gasteiger partial charge in [0.25, 0.3) is 5.91 Å². The van der Waals surface area contributed by atoms with E-state index in [-0.39, 0.29) is 5.91 Å². The van der Waals surface area contributed by atoms with Crippen LogP contribution in [0.25, 0.3) is 0 Å². The Kier molecular flexibility index (Phi) is 5.85. The van der Waals surface area contributed by atoms with E-state index in [1.807, 2.05) is 13.8 Å². The summed E-state index contributed by atoms with van der Waals surface area (Å²) < 4.78 is 4.47. The highest BCUT2D eigenvalue weighted by molar-refractivity contribution is 5.94. The standard InChI is InChI=1S/C14H20N2O3/c1-10(2)8-15-13(17)12-6-4-11(5-7-12)9-16-14(18)19-3/h4-7,10H,8-9H2,1-3H3,(H,15,17)(H,16,18). The molecule has 1 rings (SSSR count). The van der Waals surface area contributed by atoms with Crippen LogP contribution in [-0.4, -0.2) is 25.7 Å². The summed E-state index contributed by atoms with van der Waals surface area (Å²) in [5.41, 5.74) is 1.52. The monoisotopic (exact) mass is 264 g/mol. The number of nitrogens with one attached hydrogen (secondary N) is 2. The SMILES string of the molecule is COC(=O)NCc1ccc(C(=O)NCC(C)C)cc1. The average molecular weight is 264 g/mol. The van der Waals surface area contributed by atoms with E-state index in [1.165, 1.54) is 7.11 Å². The van der Waals surface area contributed by atoms with Gasteiger partial charge in [0, 0.05) is 18.7 Å². The summed E-state index contributed by atoms with van der Waals surface area (Å²) in [6.45, 7) is 5.12. The van der Waals surface area contributed by atoms with Crippen LogP contribution in [0.5, 0.6) is 0 Å². The highest BCUT2D eigenvalue weighted by Gasteiger charge is 2.06. The molecular formula is C14H20N2O3. The molecule has 5 nitrogen and oxygen atoms in total. The molecule has 19 heavy (non-hydrogen) atoms. The minimum atomic E-state index is -0.473. The summed E-state index contributed by atoms with van der Waals surface area (Å²) in [6.07, 6.45) is -0.473. The van der Waals surface area contributed by atoms with Crippen molar-refractivity contribution in [3.05, 3.63) is 35.4 Å². The number of hydrogen-bond donors (Lipinski definition) is 2. The van der Waals surface area contributed by atoms with E-state index in [4.69, 9.17) is 0 Å². The third-order valence-electron chi connectivity index (χ3n) is 2.51. The molecule has 2 amide bonds. The molecule has 1 aromatic rings. The number of benzene rings is 1. The van der Waals surface area contributed by atoms with Crippen LogP contribution in [0.3, 0.4) is 0 Å². The lowest BCUT2D eigenvalue weighted by Crippen LogP contribution is -2.27. The molecule has 0 unspecified atom stereocenters. The van der Waals surface area contributed by atoms with Crippen molar-refractivity contribution in [3.63, 3.8) is 0 Å². The topological polar surface area (TPSA) is 67.4 Å². The molecule has 0 atom stereocenters. The van der Waals surface area contributed by atoms with Crippen LogP contribution >= 0.6 is 0 Å². The van der Waals surface area contributed by atoms with E-state index >= 15 is 0 Å². The normalized spacial score (nSPS) is 10.1. The van der Waals surface area contributed by atoms with Gasteiger partial charge < -0.3 is 15.4 Å². The Labute approximate surface area is 113 Å². The fraction of sp³-hybridized carbons (Fsp3) is 0.429. The number of ether oxygens (including phenoxy) is 1. The first-order chi connectivity index (χ1) is 9.02. The summed E-state index contributed by atoms with van der Waals surface area (Å²) >= 11 is 0. The van der Waals surface area contributed by atoms with Crippen molar-refractivity contribution < 1.29 is 14.3 Å². The van der Waals surface area contributed by atoms with E-state index in [2.05, 4.69) is 15.4 Å². The molecule has 5 heteroatoms. The predicted octanol–water partition coefficient (Wildman–Crippen LogP) is 1.93. The molecule has 0 aliphatic rings. The molecule has 104 valence electrons. The van der Waals surface area contributed by atoms with E-state index < -0.39 is 6.09 Å². The molecule has 0 aliphatic carbocycles. The number of amides is 2. The van der Waals surface area contributed by atoms with Crippen LogP contribution < -0.4 is 10.6 Å². The van der Waals surface area contributed by atoms with Crippen molar-refractivity contribution in [1.29, 1.82) is 0 Å². The van der Waals surface area contributed by atoms with Gasteiger partial charge in [0.05, 0.1) is 7.11 Å². The zero-order valence-electron chi connectivity index (χ0n) is 11.5. The second-order valence-electron chi connectivity index (χ2n) is 4.65. The lowest BCUT2D eigenvalue weighted by molar-refractivity contribution is 0.0949. The molecule has 0 aliphatic heterocycles. The van der Waals surface area contributed by atoms with Gasteiger partial charge in [0.1, 0.15) is 0 Å². The molecule has 0 spiro atoms. The zero-order valence-corrected chi connectivity index (χ0v) is 11.5. The van der Waals surface area contributed by atoms with Gasteiger partial charge in [-0.1, -0.05) is 26.0 Å². The van der Waals surface area contributed by atoms with Crippen LogP contribution in [0.2, 0.25) is 0 Å². The number of carbonyl (C=O) groups excluding carboxylic acids is 2. The molecule has 0 aromatic heterocycles. The first kappa shape index (κ1) is 15.0. The first-order valence-corrected chi connectivity index (χ1v) is 6.22. The van der Waals surface area contributed by atoms with E-state index in [1.54, 1.807) is 24.3 Å². The van der Waals surface area contributed by atoms with Crippen molar-refractivity contribution in [2.24, 2.45) is 5.92 Å². The summed E-state index contributed by atoms with van der Waals surface area (Å²) in [5.74, 6) is 0.341. The number of carbonyl (C=O) groups is 2. The molecule has 2 N–H and O–H groups in total. The summed E-state index contributed by atoms with van der Waals surface area (Å²) in [4.78, 5) is 22.7. The molecular weight excluding hydrogens is 244 g/mol. The van der Waals surface area contributed by atoms with Gasteiger partial charge in [0.2, 0.25) is 0 Å². The molecule has 0 saturated carbocycles. The quantitative estimate of drug-likeness (QED) is 0.854.